The van der Waals surface area contributed by atoms with Crippen molar-refractivity contribution in [3.8, 4) is 22.8 Å². The lowest BCUT2D eigenvalue weighted by atomic mass is 10.1. The minimum Gasteiger partial charge on any atom is -0.451 e. The Hall–Kier alpha value is -3.54. The van der Waals surface area contributed by atoms with Crippen molar-refractivity contribution < 1.29 is 13.6 Å². The summed E-state index contributed by atoms with van der Waals surface area (Å²) in [4.78, 5) is 17.4. The quantitative estimate of drug-likeness (QED) is 0.285. The molecule has 3 aromatic carbocycles. The van der Waals surface area contributed by atoms with Gasteiger partial charge in [-0.05, 0) is 79.6 Å². The number of hydrogen-bond donors (Lipinski definition) is 1. The van der Waals surface area contributed by atoms with E-state index in [-0.39, 0.29) is 11.7 Å². The van der Waals surface area contributed by atoms with E-state index >= 15 is 0 Å². The number of benzene rings is 3. The molecule has 0 unspecified atom stereocenters. The van der Waals surface area contributed by atoms with E-state index < -0.39 is 0 Å². The second-order valence-corrected chi connectivity index (χ2v) is 8.51. The van der Waals surface area contributed by atoms with Gasteiger partial charge in [0.1, 0.15) is 11.3 Å². The van der Waals surface area contributed by atoms with E-state index in [1.165, 1.54) is 0 Å². The second kappa shape index (κ2) is 8.43. The Morgan fingerprint density at radius 1 is 0.909 bits per heavy atom. The van der Waals surface area contributed by atoms with Crippen LogP contribution in [0.15, 0.2) is 75.6 Å². The largest absolute Gasteiger partial charge is 0.451 e. The second-order valence-electron chi connectivity index (χ2n) is 7.72. The zero-order chi connectivity index (χ0) is 23.1. The maximum Gasteiger partial charge on any atom is 0.291 e. The summed E-state index contributed by atoms with van der Waals surface area (Å²) in [6, 6.07) is 19.8. The van der Waals surface area contributed by atoms with E-state index in [0.717, 1.165) is 27.8 Å². The summed E-state index contributed by atoms with van der Waals surface area (Å²) in [5.41, 5.74) is 5.78. The number of hydrogen-bond acceptors (Lipinski definition) is 4. The summed E-state index contributed by atoms with van der Waals surface area (Å²) < 4.78 is 11.7. The van der Waals surface area contributed by atoms with Crippen LogP contribution in [0.3, 0.4) is 0 Å². The summed E-state index contributed by atoms with van der Waals surface area (Å²) in [7, 11) is 0. The lowest BCUT2D eigenvalue weighted by Crippen LogP contribution is -2.10. The number of carbonyl (C=O) groups is 1. The lowest BCUT2D eigenvalue weighted by Gasteiger charge is -2.05. The lowest BCUT2D eigenvalue weighted by molar-refractivity contribution is 0.0997. The molecule has 0 aliphatic carbocycles. The maximum atomic E-state index is 12.8. The van der Waals surface area contributed by atoms with Crippen LogP contribution < -0.4 is 5.32 Å². The number of aryl methyl sites for hydroxylation is 2. The van der Waals surface area contributed by atoms with Gasteiger partial charge in [0.05, 0.1) is 10.0 Å². The molecule has 0 atom stereocenters. The third-order valence-electron chi connectivity index (χ3n) is 5.42. The minimum atomic E-state index is -0.389. The Morgan fingerprint density at radius 3 is 2.55 bits per heavy atom. The van der Waals surface area contributed by atoms with E-state index in [1.807, 2.05) is 38.1 Å². The molecule has 33 heavy (non-hydrogen) atoms. The summed E-state index contributed by atoms with van der Waals surface area (Å²) >= 11 is 12.3. The number of nitrogens with one attached hydrogen (secondary N) is 1. The zero-order valence-electron chi connectivity index (χ0n) is 17.8. The van der Waals surface area contributed by atoms with Gasteiger partial charge in [-0.15, -0.1) is 0 Å². The Bertz CT molecular complexity index is 1480. The van der Waals surface area contributed by atoms with Gasteiger partial charge in [-0.25, -0.2) is 4.98 Å². The Balaban J connectivity index is 1.39. The first-order valence-corrected chi connectivity index (χ1v) is 11.0. The van der Waals surface area contributed by atoms with Crippen molar-refractivity contribution in [2.45, 2.75) is 13.8 Å². The van der Waals surface area contributed by atoms with E-state index in [2.05, 4.69) is 10.3 Å². The van der Waals surface area contributed by atoms with E-state index in [0.29, 0.717) is 32.9 Å². The number of rotatable bonds is 4. The van der Waals surface area contributed by atoms with Gasteiger partial charge in [-0.1, -0.05) is 35.3 Å². The molecule has 0 bridgehead atoms. The first-order chi connectivity index (χ1) is 15.9. The molecule has 5 nitrogen and oxygen atoms in total. The summed E-state index contributed by atoms with van der Waals surface area (Å²) in [6.07, 6.45) is 0. The monoisotopic (exact) mass is 476 g/mol. The van der Waals surface area contributed by atoms with Crippen molar-refractivity contribution in [1.29, 1.82) is 0 Å². The fourth-order valence-corrected chi connectivity index (χ4v) is 3.92. The van der Waals surface area contributed by atoms with Crippen LogP contribution in [0.5, 0.6) is 0 Å². The fourth-order valence-electron chi connectivity index (χ4n) is 3.52. The standard InChI is InChI=1S/C26H18Cl2N2O3/c1-14-11-20-23(12-15(14)2)33-26(30-20)16-5-3-6-17(13-16)29-25(31)22-10-9-21(32-22)18-7-4-8-19(27)24(18)28/h3-13H,1-2H3,(H,29,31). The van der Waals surface area contributed by atoms with E-state index in [1.54, 1.807) is 42.5 Å². The first-order valence-electron chi connectivity index (χ1n) is 10.2. The number of furan rings is 1. The first kappa shape index (κ1) is 21.3. The van der Waals surface area contributed by atoms with Crippen molar-refractivity contribution in [3.63, 3.8) is 0 Å². The predicted molar refractivity (Wildman–Crippen MR) is 131 cm³/mol. The van der Waals surface area contributed by atoms with Crippen LogP contribution in [0, 0.1) is 13.8 Å². The van der Waals surface area contributed by atoms with Crippen molar-refractivity contribution >= 4 is 45.9 Å². The SMILES string of the molecule is Cc1cc2nc(-c3cccc(NC(=O)c4ccc(-c5cccc(Cl)c5Cl)o4)c3)oc2cc1C. The molecule has 2 heterocycles. The Morgan fingerprint density at radius 2 is 1.70 bits per heavy atom. The van der Waals surface area contributed by atoms with Crippen LogP contribution in [0.4, 0.5) is 5.69 Å². The van der Waals surface area contributed by atoms with Gasteiger partial charge in [0, 0.05) is 16.8 Å². The normalized spacial score (nSPS) is 11.2. The molecule has 0 aliphatic rings. The molecular formula is C26H18Cl2N2O3. The fraction of sp³-hybridized carbons (Fsp3) is 0.0769. The molecule has 1 N–H and O–H groups in total. The van der Waals surface area contributed by atoms with Gasteiger partial charge in [0.2, 0.25) is 5.89 Å². The molecule has 0 saturated carbocycles. The summed E-state index contributed by atoms with van der Waals surface area (Å²) in [6.45, 7) is 4.08. The third-order valence-corrected chi connectivity index (χ3v) is 6.24. The van der Waals surface area contributed by atoms with Gasteiger partial charge in [-0.3, -0.25) is 4.79 Å². The molecule has 164 valence electrons. The van der Waals surface area contributed by atoms with Gasteiger partial charge in [-0.2, -0.15) is 0 Å². The predicted octanol–water partition coefficient (Wildman–Crippen LogP) is 7.93. The van der Waals surface area contributed by atoms with Crippen molar-refractivity contribution in [3.05, 3.63) is 93.7 Å². The summed E-state index contributed by atoms with van der Waals surface area (Å²) in [5, 5.41) is 3.64. The highest BCUT2D eigenvalue weighted by molar-refractivity contribution is 6.43. The Kier molecular flexibility index (Phi) is 5.44. The number of nitrogens with zero attached hydrogens (tertiary/aromatic N) is 1. The number of oxazole rings is 1. The van der Waals surface area contributed by atoms with Crippen LogP contribution >= 0.6 is 23.2 Å². The molecule has 0 aliphatic heterocycles. The molecule has 2 aromatic heterocycles. The smallest absolute Gasteiger partial charge is 0.291 e. The highest BCUT2D eigenvalue weighted by atomic mass is 35.5. The third kappa shape index (κ3) is 4.13. The average Bonchev–Trinajstić information content (AvgIpc) is 3.44. The summed E-state index contributed by atoms with van der Waals surface area (Å²) in [5.74, 6) is 0.708. The maximum absolute atomic E-state index is 12.8. The number of carbonyl (C=O) groups excluding carboxylic acids is 1. The van der Waals surface area contributed by atoms with Crippen LogP contribution in [0.25, 0.3) is 33.9 Å². The number of amides is 1. The molecule has 5 aromatic rings. The molecule has 0 saturated heterocycles. The van der Waals surface area contributed by atoms with Crippen molar-refractivity contribution in [2.75, 3.05) is 5.32 Å². The minimum absolute atomic E-state index is 0.152. The number of fused-ring (bicyclic) bond motifs is 1. The topological polar surface area (TPSA) is 68.3 Å². The van der Waals surface area contributed by atoms with Gasteiger partial charge in [0.25, 0.3) is 5.91 Å². The van der Waals surface area contributed by atoms with Crippen LogP contribution in [0.2, 0.25) is 10.0 Å². The number of halogens is 2. The molecule has 1 amide bonds. The number of aromatic nitrogens is 1. The van der Waals surface area contributed by atoms with Crippen LogP contribution in [-0.4, -0.2) is 10.9 Å². The average molecular weight is 477 g/mol. The molecule has 7 heteroatoms. The molecule has 0 spiro atoms. The van der Waals surface area contributed by atoms with Crippen LogP contribution in [0.1, 0.15) is 21.7 Å². The van der Waals surface area contributed by atoms with Gasteiger partial charge < -0.3 is 14.2 Å². The van der Waals surface area contributed by atoms with Crippen molar-refractivity contribution in [2.24, 2.45) is 0 Å². The van der Waals surface area contributed by atoms with Gasteiger partial charge >= 0.3 is 0 Å². The van der Waals surface area contributed by atoms with Crippen molar-refractivity contribution in [1.82, 2.24) is 4.98 Å². The van der Waals surface area contributed by atoms with Gasteiger partial charge in [0.15, 0.2) is 11.3 Å². The molecule has 5 rings (SSSR count). The number of anilines is 1. The van der Waals surface area contributed by atoms with E-state index in [9.17, 15) is 4.79 Å². The van der Waals surface area contributed by atoms with E-state index in [4.69, 9.17) is 32.0 Å². The highest BCUT2D eigenvalue weighted by Gasteiger charge is 2.16. The molecule has 0 radical (unpaired) electrons. The zero-order valence-corrected chi connectivity index (χ0v) is 19.3. The van der Waals surface area contributed by atoms with Crippen LogP contribution in [-0.2, 0) is 0 Å². The molecular weight excluding hydrogens is 459 g/mol. The highest BCUT2D eigenvalue weighted by Crippen LogP contribution is 2.34. The molecule has 0 fully saturated rings. The Labute approximate surface area is 200 Å².